The van der Waals surface area contributed by atoms with Crippen LogP contribution < -0.4 is 4.90 Å². The van der Waals surface area contributed by atoms with Crippen molar-refractivity contribution in [3.05, 3.63) is 38.9 Å². The van der Waals surface area contributed by atoms with E-state index in [9.17, 15) is 14.4 Å². The van der Waals surface area contributed by atoms with Crippen molar-refractivity contribution < 1.29 is 19.2 Å². The van der Waals surface area contributed by atoms with Gasteiger partial charge in [-0.05, 0) is 51.7 Å². The fourth-order valence-corrected chi connectivity index (χ4v) is 3.55. The third kappa shape index (κ3) is 3.27. The lowest BCUT2D eigenvalue weighted by Crippen LogP contribution is -2.32. The normalized spacial score (nSPS) is 16.7. The van der Waals surface area contributed by atoms with E-state index in [0.29, 0.717) is 29.7 Å². The average Bonchev–Trinajstić information content (AvgIpc) is 2.85. The molecule has 1 aromatic carbocycles. The Kier molecular flexibility index (Phi) is 5.16. The summed E-state index contributed by atoms with van der Waals surface area (Å²) >= 11 is 12.3. The molecule has 1 heterocycles. The van der Waals surface area contributed by atoms with E-state index in [2.05, 4.69) is 5.16 Å². The highest BCUT2D eigenvalue weighted by atomic mass is 35.5. The molecule has 0 N–H and O–H groups in total. The summed E-state index contributed by atoms with van der Waals surface area (Å²) in [4.78, 5) is 43.4. The number of imide groups is 1. The van der Waals surface area contributed by atoms with E-state index in [1.165, 1.54) is 12.1 Å². The number of anilines is 1. The summed E-state index contributed by atoms with van der Waals surface area (Å²) in [6.07, 6.45) is 2.87. The van der Waals surface area contributed by atoms with Crippen LogP contribution in [0, 0.1) is 0 Å². The Morgan fingerprint density at radius 3 is 2.15 bits per heavy atom. The molecule has 3 rings (SSSR count). The van der Waals surface area contributed by atoms with Gasteiger partial charge < -0.3 is 4.84 Å². The van der Waals surface area contributed by atoms with E-state index in [1.807, 2.05) is 0 Å². The molecule has 0 radical (unpaired) electrons. The average molecular weight is 395 g/mol. The van der Waals surface area contributed by atoms with Gasteiger partial charge in [0.2, 0.25) is 0 Å². The van der Waals surface area contributed by atoms with Gasteiger partial charge in [-0.15, -0.1) is 0 Å². The topological polar surface area (TPSA) is 76.0 Å². The van der Waals surface area contributed by atoms with E-state index in [0.717, 1.165) is 17.7 Å². The van der Waals surface area contributed by atoms with Crippen molar-refractivity contribution in [2.75, 3.05) is 4.90 Å². The predicted molar refractivity (Wildman–Crippen MR) is 98.6 cm³/mol. The lowest BCUT2D eigenvalue weighted by atomic mass is 9.93. The highest BCUT2D eigenvalue weighted by Crippen LogP contribution is 2.40. The van der Waals surface area contributed by atoms with Gasteiger partial charge in [0.25, 0.3) is 11.8 Å². The molecule has 0 fully saturated rings. The van der Waals surface area contributed by atoms with Gasteiger partial charge in [-0.25, -0.2) is 9.69 Å². The Morgan fingerprint density at radius 2 is 1.62 bits per heavy atom. The second kappa shape index (κ2) is 7.21. The monoisotopic (exact) mass is 394 g/mol. The molecule has 0 aromatic heterocycles. The van der Waals surface area contributed by atoms with Crippen LogP contribution in [0.2, 0.25) is 10.0 Å². The van der Waals surface area contributed by atoms with Gasteiger partial charge in [-0.3, -0.25) is 9.59 Å². The summed E-state index contributed by atoms with van der Waals surface area (Å²) in [5.74, 6) is -1.59. The number of amides is 2. The van der Waals surface area contributed by atoms with E-state index >= 15 is 0 Å². The van der Waals surface area contributed by atoms with Gasteiger partial charge in [-0.1, -0.05) is 28.4 Å². The van der Waals surface area contributed by atoms with Crippen molar-refractivity contribution in [3.63, 3.8) is 0 Å². The zero-order valence-electron chi connectivity index (χ0n) is 14.3. The van der Waals surface area contributed by atoms with Crippen LogP contribution in [-0.2, 0) is 14.4 Å². The summed E-state index contributed by atoms with van der Waals surface area (Å²) in [5, 5.41) is 3.75. The lowest BCUT2D eigenvalue weighted by molar-refractivity contribution is -0.120. The first kappa shape index (κ1) is 18.6. The number of rotatable bonds is 3. The highest BCUT2D eigenvalue weighted by Gasteiger charge is 2.40. The van der Waals surface area contributed by atoms with Crippen LogP contribution >= 0.6 is 23.2 Å². The van der Waals surface area contributed by atoms with Gasteiger partial charge in [0, 0.05) is 11.1 Å². The highest BCUT2D eigenvalue weighted by molar-refractivity contribution is 6.41. The minimum absolute atomic E-state index is 0.0264. The van der Waals surface area contributed by atoms with E-state index in [-0.39, 0.29) is 21.3 Å². The summed E-state index contributed by atoms with van der Waals surface area (Å²) < 4.78 is 0. The van der Waals surface area contributed by atoms with Crippen LogP contribution in [0.15, 0.2) is 28.4 Å². The number of hydrogen-bond donors (Lipinski definition) is 0. The number of carbonyl (C=O) groups is 3. The van der Waals surface area contributed by atoms with Gasteiger partial charge >= 0.3 is 5.97 Å². The lowest BCUT2D eigenvalue weighted by Gasteiger charge is -2.18. The molecule has 2 amide bonds. The fraction of sp³-hybridized carbons (Fsp3) is 0.333. The molecule has 6 nitrogen and oxygen atoms in total. The third-order valence-electron chi connectivity index (χ3n) is 4.20. The van der Waals surface area contributed by atoms with Crippen LogP contribution in [-0.4, -0.2) is 23.5 Å². The number of nitrogens with zero attached hydrogens (tertiary/aromatic N) is 2. The smallest absolute Gasteiger partial charge is 0.313 e. The van der Waals surface area contributed by atoms with Crippen molar-refractivity contribution in [2.45, 2.75) is 39.5 Å². The van der Waals surface area contributed by atoms with Gasteiger partial charge in [-0.2, -0.15) is 0 Å². The maximum absolute atomic E-state index is 12.7. The van der Waals surface area contributed by atoms with Crippen molar-refractivity contribution in [2.24, 2.45) is 5.16 Å². The first-order valence-corrected chi connectivity index (χ1v) is 8.89. The molecule has 0 saturated carbocycles. The van der Waals surface area contributed by atoms with E-state index < -0.39 is 17.8 Å². The molecule has 1 aliphatic carbocycles. The Labute approximate surface area is 160 Å². The summed E-state index contributed by atoms with van der Waals surface area (Å²) in [6, 6.07) is 2.61. The number of hydrogen-bond acceptors (Lipinski definition) is 5. The molecule has 0 bridgehead atoms. The van der Waals surface area contributed by atoms with Gasteiger partial charge in [0.1, 0.15) is 0 Å². The number of carbonyl (C=O) groups excluding carboxylic acids is 3. The van der Waals surface area contributed by atoms with E-state index in [4.69, 9.17) is 28.0 Å². The zero-order valence-corrected chi connectivity index (χ0v) is 15.8. The molecule has 1 aromatic rings. The molecular weight excluding hydrogens is 379 g/mol. The van der Waals surface area contributed by atoms with Crippen LogP contribution in [0.3, 0.4) is 0 Å². The second-order valence-corrected chi connectivity index (χ2v) is 7.13. The summed E-state index contributed by atoms with van der Waals surface area (Å²) in [7, 11) is 0. The Balaban J connectivity index is 2.00. The zero-order chi connectivity index (χ0) is 19.0. The number of oxime groups is 1. The molecular formula is C18H16Cl2N2O4. The Hall–Kier alpha value is -2.18. The summed E-state index contributed by atoms with van der Waals surface area (Å²) in [6.45, 7) is 3.33. The van der Waals surface area contributed by atoms with Crippen molar-refractivity contribution >= 4 is 52.4 Å². The van der Waals surface area contributed by atoms with Crippen LogP contribution in [0.1, 0.15) is 49.9 Å². The van der Waals surface area contributed by atoms with Gasteiger partial charge in [0.05, 0.1) is 27.0 Å². The molecule has 8 heteroatoms. The molecule has 0 spiro atoms. The maximum atomic E-state index is 12.7. The molecule has 26 heavy (non-hydrogen) atoms. The maximum Gasteiger partial charge on any atom is 0.367 e. The summed E-state index contributed by atoms with van der Waals surface area (Å²) in [5.41, 5.74) is 1.70. The molecule has 0 unspecified atom stereocenters. The molecule has 1 aliphatic heterocycles. The molecule has 0 saturated heterocycles. The number of benzene rings is 1. The molecule has 0 atom stereocenters. The quantitative estimate of drug-likeness (QED) is 0.331. The fourth-order valence-electron chi connectivity index (χ4n) is 3.01. The third-order valence-corrected chi connectivity index (χ3v) is 4.81. The predicted octanol–water partition coefficient (Wildman–Crippen LogP) is 4.29. The van der Waals surface area contributed by atoms with Crippen molar-refractivity contribution in [3.8, 4) is 0 Å². The van der Waals surface area contributed by atoms with Crippen molar-refractivity contribution in [1.29, 1.82) is 0 Å². The van der Waals surface area contributed by atoms with Crippen LogP contribution in [0.25, 0.3) is 0 Å². The first-order chi connectivity index (χ1) is 12.3. The van der Waals surface area contributed by atoms with Gasteiger partial charge in [0.15, 0.2) is 0 Å². The molecule has 136 valence electrons. The van der Waals surface area contributed by atoms with Crippen molar-refractivity contribution in [1.82, 2.24) is 0 Å². The van der Waals surface area contributed by atoms with Crippen LogP contribution in [0.5, 0.6) is 0 Å². The standard InChI is InChI=1S/C18H16Cl2N2O4/c1-9(2)21-26-18(25)12-7-15(14(20)8-13(12)19)22-16(23)10-5-3-4-6-11(10)17(22)24/h7-8H,3-6H2,1-2H3. The Bertz CT molecular complexity index is 857. The SMILES string of the molecule is CC(C)=NOC(=O)c1cc(N2C(=O)C3=C(CCCC3)C2=O)c(Cl)cc1Cl. The van der Waals surface area contributed by atoms with Crippen LogP contribution in [0.4, 0.5) is 5.69 Å². The number of halogens is 2. The largest absolute Gasteiger partial charge is 0.367 e. The second-order valence-electron chi connectivity index (χ2n) is 6.31. The Morgan fingerprint density at radius 1 is 1.04 bits per heavy atom. The van der Waals surface area contributed by atoms with E-state index in [1.54, 1.807) is 13.8 Å². The minimum Gasteiger partial charge on any atom is -0.313 e. The molecule has 2 aliphatic rings. The first-order valence-electron chi connectivity index (χ1n) is 8.13. The minimum atomic E-state index is -0.800.